The van der Waals surface area contributed by atoms with E-state index in [1.165, 1.54) is 0 Å². The molecular weight excluding hydrogens is 296 g/mol. The summed E-state index contributed by atoms with van der Waals surface area (Å²) in [7, 11) is 3.11. The molecule has 1 aromatic carbocycles. The zero-order chi connectivity index (χ0) is 17.0. The Hall–Kier alpha value is -2.63. The number of aryl methyl sites for hydroxylation is 2. The lowest BCUT2D eigenvalue weighted by Gasteiger charge is -2.02. The second-order valence-corrected chi connectivity index (χ2v) is 5.09. The smallest absolute Gasteiger partial charge is 0.339 e. The summed E-state index contributed by atoms with van der Waals surface area (Å²) in [6.45, 7) is 5.60. The molecule has 0 fully saturated rings. The molecule has 0 spiro atoms. The number of benzene rings is 1. The average Bonchev–Trinajstić information content (AvgIpc) is 2.83. The Balaban J connectivity index is 0.000000168. The minimum absolute atomic E-state index is 0.0765. The molecule has 2 heterocycles. The zero-order valence-corrected chi connectivity index (χ0v) is 13.9. The fraction of sp³-hybridized carbons (Fsp3) is 0.353. The van der Waals surface area contributed by atoms with Gasteiger partial charge in [-0.1, -0.05) is 18.2 Å². The van der Waals surface area contributed by atoms with Crippen molar-refractivity contribution >= 4 is 5.97 Å². The van der Waals surface area contributed by atoms with E-state index in [9.17, 15) is 4.79 Å². The summed E-state index contributed by atoms with van der Waals surface area (Å²) in [5.41, 5.74) is 2.77. The van der Waals surface area contributed by atoms with E-state index < -0.39 is 0 Å². The Morgan fingerprint density at radius 1 is 1.09 bits per heavy atom. The van der Waals surface area contributed by atoms with Gasteiger partial charge in [-0.15, -0.1) is 0 Å². The molecule has 1 aliphatic rings. The van der Waals surface area contributed by atoms with E-state index in [1.54, 1.807) is 27.2 Å². The van der Waals surface area contributed by atoms with Gasteiger partial charge in [-0.2, -0.15) is 9.97 Å². The molecule has 2 aromatic rings. The summed E-state index contributed by atoms with van der Waals surface area (Å²) >= 11 is 0. The van der Waals surface area contributed by atoms with Crippen molar-refractivity contribution in [2.75, 3.05) is 14.2 Å². The lowest BCUT2D eigenvalue weighted by atomic mass is 10.0. The van der Waals surface area contributed by atoms with E-state index in [0.717, 1.165) is 16.7 Å². The number of carbonyl (C=O) groups is 1. The van der Waals surface area contributed by atoms with Crippen LogP contribution in [0.4, 0.5) is 0 Å². The van der Waals surface area contributed by atoms with Crippen molar-refractivity contribution in [3.05, 3.63) is 46.8 Å². The number of carbonyl (C=O) groups excluding carboxylic acids is 1. The van der Waals surface area contributed by atoms with Crippen LogP contribution in [-0.4, -0.2) is 30.2 Å². The number of esters is 1. The van der Waals surface area contributed by atoms with Crippen LogP contribution >= 0.6 is 0 Å². The van der Waals surface area contributed by atoms with Crippen LogP contribution < -0.4 is 9.47 Å². The van der Waals surface area contributed by atoms with Gasteiger partial charge in [0.2, 0.25) is 11.8 Å². The molecule has 1 unspecified atom stereocenters. The van der Waals surface area contributed by atoms with E-state index in [-0.39, 0.29) is 12.1 Å². The molecule has 122 valence electrons. The number of methoxy groups -OCH3 is 2. The highest BCUT2D eigenvalue weighted by atomic mass is 16.5. The highest BCUT2D eigenvalue weighted by Gasteiger charge is 2.28. The average molecular weight is 316 g/mol. The summed E-state index contributed by atoms with van der Waals surface area (Å²) in [4.78, 5) is 19.2. The molecule has 0 bridgehead atoms. The Morgan fingerprint density at radius 3 is 2.22 bits per heavy atom. The number of cyclic esters (lactones) is 1. The standard InChI is InChI=1S/C10H10O2.C7H10N2O2/c1-6-4-3-5-8-7(2)12-10(11)9(6)8;1-5-8-6(10-2)4-7(9-5)11-3/h3-5,7H,1-2H3;4H,1-3H3. The molecule has 1 atom stereocenters. The van der Waals surface area contributed by atoms with E-state index in [1.807, 2.05) is 32.0 Å². The molecule has 3 rings (SSSR count). The van der Waals surface area contributed by atoms with Gasteiger partial charge >= 0.3 is 5.97 Å². The highest BCUT2D eigenvalue weighted by molar-refractivity contribution is 5.95. The van der Waals surface area contributed by atoms with E-state index >= 15 is 0 Å². The van der Waals surface area contributed by atoms with Crippen molar-refractivity contribution in [3.8, 4) is 11.8 Å². The maximum atomic E-state index is 11.3. The van der Waals surface area contributed by atoms with Crippen molar-refractivity contribution in [2.24, 2.45) is 0 Å². The van der Waals surface area contributed by atoms with Crippen LogP contribution in [0.1, 0.15) is 40.3 Å². The maximum absolute atomic E-state index is 11.3. The number of rotatable bonds is 2. The first kappa shape index (κ1) is 16.7. The number of hydrogen-bond donors (Lipinski definition) is 0. The summed E-state index contributed by atoms with van der Waals surface area (Å²) in [5, 5.41) is 0. The third kappa shape index (κ3) is 3.77. The Bertz CT molecular complexity index is 693. The molecule has 0 saturated heterocycles. The molecule has 6 heteroatoms. The predicted molar refractivity (Wildman–Crippen MR) is 84.9 cm³/mol. The predicted octanol–water partition coefficient (Wildman–Crippen LogP) is 3.03. The van der Waals surface area contributed by atoms with Gasteiger partial charge in [0.05, 0.1) is 25.8 Å². The number of ether oxygens (including phenoxy) is 3. The monoisotopic (exact) mass is 316 g/mol. The number of fused-ring (bicyclic) bond motifs is 1. The van der Waals surface area contributed by atoms with Gasteiger partial charge < -0.3 is 14.2 Å². The molecule has 6 nitrogen and oxygen atoms in total. The number of nitrogens with zero attached hydrogens (tertiary/aromatic N) is 2. The van der Waals surface area contributed by atoms with Crippen molar-refractivity contribution in [1.82, 2.24) is 9.97 Å². The Kier molecular flexibility index (Phi) is 5.16. The third-order valence-electron chi connectivity index (χ3n) is 3.44. The Morgan fingerprint density at radius 2 is 1.70 bits per heavy atom. The molecular formula is C17H20N2O4. The maximum Gasteiger partial charge on any atom is 0.339 e. The molecule has 0 saturated carbocycles. The molecule has 0 aliphatic carbocycles. The minimum Gasteiger partial charge on any atom is -0.481 e. The molecule has 0 N–H and O–H groups in total. The van der Waals surface area contributed by atoms with Gasteiger partial charge in [-0.05, 0) is 26.3 Å². The van der Waals surface area contributed by atoms with Crippen molar-refractivity contribution in [3.63, 3.8) is 0 Å². The third-order valence-corrected chi connectivity index (χ3v) is 3.44. The quantitative estimate of drug-likeness (QED) is 0.793. The van der Waals surface area contributed by atoms with Crippen LogP contribution in [0.5, 0.6) is 11.8 Å². The summed E-state index contributed by atoms with van der Waals surface area (Å²) in [6.07, 6.45) is -0.0765. The van der Waals surface area contributed by atoms with Crippen LogP contribution in [0.25, 0.3) is 0 Å². The van der Waals surface area contributed by atoms with Crippen molar-refractivity contribution < 1.29 is 19.0 Å². The summed E-state index contributed by atoms with van der Waals surface area (Å²) in [5.74, 6) is 1.50. The van der Waals surface area contributed by atoms with Gasteiger partial charge in [0.1, 0.15) is 11.9 Å². The second-order valence-electron chi connectivity index (χ2n) is 5.09. The SMILES string of the molecule is COc1cc(OC)nc(C)n1.Cc1cccc2c1C(=O)OC2C. The Labute approximate surface area is 135 Å². The topological polar surface area (TPSA) is 70.5 Å². The fourth-order valence-corrected chi connectivity index (χ4v) is 2.31. The van der Waals surface area contributed by atoms with Crippen molar-refractivity contribution in [2.45, 2.75) is 26.9 Å². The molecule has 0 amide bonds. The van der Waals surface area contributed by atoms with Crippen LogP contribution in [-0.2, 0) is 4.74 Å². The largest absolute Gasteiger partial charge is 0.481 e. The zero-order valence-electron chi connectivity index (χ0n) is 13.9. The summed E-state index contributed by atoms with van der Waals surface area (Å²) < 4.78 is 14.9. The van der Waals surface area contributed by atoms with Gasteiger partial charge in [0.25, 0.3) is 0 Å². The van der Waals surface area contributed by atoms with E-state index in [2.05, 4.69) is 9.97 Å². The molecule has 1 aliphatic heterocycles. The number of aromatic nitrogens is 2. The number of hydrogen-bond acceptors (Lipinski definition) is 6. The van der Waals surface area contributed by atoms with Gasteiger partial charge in [-0.25, -0.2) is 4.79 Å². The first-order valence-corrected chi connectivity index (χ1v) is 7.20. The van der Waals surface area contributed by atoms with Gasteiger partial charge in [0, 0.05) is 5.56 Å². The van der Waals surface area contributed by atoms with Crippen LogP contribution in [0.15, 0.2) is 24.3 Å². The molecule has 23 heavy (non-hydrogen) atoms. The van der Waals surface area contributed by atoms with Gasteiger partial charge in [-0.3, -0.25) is 0 Å². The van der Waals surface area contributed by atoms with Crippen LogP contribution in [0, 0.1) is 13.8 Å². The van der Waals surface area contributed by atoms with E-state index in [4.69, 9.17) is 14.2 Å². The lowest BCUT2D eigenvalue weighted by molar-refractivity contribution is 0.0421. The minimum atomic E-state index is -0.185. The highest BCUT2D eigenvalue weighted by Crippen LogP contribution is 2.31. The summed E-state index contributed by atoms with van der Waals surface area (Å²) in [6, 6.07) is 7.45. The van der Waals surface area contributed by atoms with E-state index in [0.29, 0.717) is 17.6 Å². The first-order valence-electron chi connectivity index (χ1n) is 7.20. The van der Waals surface area contributed by atoms with Crippen LogP contribution in [0.2, 0.25) is 0 Å². The fourth-order valence-electron chi connectivity index (χ4n) is 2.31. The molecule has 1 aromatic heterocycles. The second kappa shape index (κ2) is 7.09. The lowest BCUT2D eigenvalue weighted by Crippen LogP contribution is -1.96. The van der Waals surface area contributed by atoms with Crippen LogP contribution in [0.3, 0.4) is 0 Å². The normalized spacial score (nSPS) is 15.2. The van der Waals surface area contributed by atoms with Crippen molar-refractivity contribution in [1.29, 1.82) is 0 Å². The van der Waals surface area contributed by atoms with Gasteiger partial charge in [0.15, 0.2) is 0 Å². The first-order chi connectivity index (χ1) is 11.0. The molecule has 0 radical (unpaired) electrons.